The molecule has 35 heavy (non-hydrogen) atoms. The molecule has 0 bridgehead atoms. The van der Waals surface area contributed by atoms with Crippen LogP contribution in [-0.2, 0) is 36.0 Å². The van der Waals surface area contributed by atoms with E-state index in [2.05, 4.69) is 20.3 Å². The Hall–Kier alpha value is -2.68. The van der Waals surface area contributed by atoms with Crippen LogP contribution < -0.4 is 15.4 Å². The molecule has 0 aliphatic heterocycles. The molecule has 11 nitrogen and oxygen atoms in total. The van der Waals surface area contributed by atoms with E-state index in [1.165, 1.54) is 0 Å². The first-order valence-electron chi connectivity index (χ1n) is 10.7. The molecule has 0 spiro atoms. The lowest BCUT2D eigenvalue weighted by atomic mass is 9.95. The SMILES string of the molecule is CS(=O)(=O)NCc1nc(NC(=O)CC(=O)Nc2ccccc2C(=O)C2CCCC2)sc1S(C)(=O)=O. The van der Waals surface area contributed by atoms with Crippen molar-refractivity contribution in [3.05, 3.63) is 35.5 Å². The fraction of sp³-hybridized carbons (Fsp3) is 0.429. The Kier molecular flexibility index (Phi) is 8.41. The minimum Gasteiger partial charge on any atom is -0.325 e. The van der Waals surface area contributed by atoms with Crippen molar-refractivity contribution in [2.24, 2.45) is 5.92 Å². The first kappa shape index (κ1) is 26.9. The van der Waals surface area contributed by atoms with Gasteiger partial charge in [-0.2, -0.15) is 0 Å². The number of carbonyl (C=O) groups excluding carboxylic acids is 3. The summed E-state index contributed by atoms with van der Waals surface area (Å²) in [4.78, 5) is 41.7. The minimum absolute atomic E-state index is 0.0332. The van der Waals surface area contributed by atoms with Crippen molar-refractivity contribution >= 4 is 59.6 Å². The predicted octanol–water partition coefficient (Wildman–Crippen LogP) is 1.94. The van der Waals surface area contributed by atoms with Crippen LogP contribution in [0.3, 0.4) is 0 Å². The van der Waals surface area contributed by atoms with Gasteiger partial charge < -0.3 is 10.6 Å². The van der Waals surface area contributed by atoms with Gasteiger partial charge in [-0.15, -0.1) is 0 Å². The zero-order valence-electron chi connectivity index (χ0n) is 19.2. The summed E-state index contributed by atoms with van der Waals surface area (Å²) >= 11 is 0.655. The van der Waals surface area contributed by atoms with Gasteiger partial charge in [0.05, 0.1) is 24.2 Å². The number of nitrogens with one attached hydrogen (secondary N) is 3. The second kappa shape index (κ2) is 10.9. The van der Waals surface area contributed by atoms with E-state index in [1.54, 1.807) is 24.3 Å². The van der Waals surface area contributed by atoms with Crippen molar-refractivity contribution in [3.8, 4) is 0 Å². The monoisotopic (exact) mass is 542 g/mol. The molecule has 1 aliphatic carbocycles. The van der Waals surface area contributed by atoms with Gasteiger partial charge in [-0.3, -0.25) is 14.4 Å². The predicted molar refractivity (Wildman–Crippen MR) is 132 cm³/mol. The fourth-order valence-electron chi connectivity index (χ4n) is 3.71. The number of amides is 2. The van der Waals surface area contributed by atoms with E-state index in [-0.39, 0.29) is 33.3 Å². The number of aromatic nitrogens is 1. The van der Waals surface area contributed by atoms with Gasteiger partial charge in [-0.1, -0.05) is 36.3 Å². The molecule has 1 saturated carbocycles. The molecule has 14 heteroatoms. The van der Waals surface area contributed by atoms with Crippen LogP contribution in [0.5, 0.6) is 0 Å². The highest BCUT2D eigenvalue weighted by Gasteiger charge is 2.26. The number of hydrogen-bond acceptors (Lipinski definition) is 9. The summed E-state index contributed by atoms with van der Waals surface area (Å²) in [7, 11) is -7.35. The number of sulfonamides is 1. The summed E-state index contributed by atoms with van der Waals surface area (Å²) in [5.74, 6) is -1.52. The smallest absolute Gasteiger partial charge is 0.235 e. The third kappa shape index (κ3) is 7.65. The Balaban J connectivity index is 1.67. The highest BCUT2D eigenvalue weighted by atomic mass is 32.2. The number of sulfone groups is 1. The van der Waals surface area contributed by atoms with Crippen LogP contribution in [0, 0.1) is 5.92 Å². The second-order valence-corrected chi connectivity index (χ2v) is 13.3. The van der Waals surface area contributed by atoms with E-state index in [4.69, 9.17) is 0 Å². The number of thiazole rings is 1. The Morgan fingerprint density at radius 1 is 1.00 bits per heavy atom. The van der Waals surface area contributed by atoms with E-state index in [0.717, 1.165) is 38.2 Å². The average molecular weight is 543 g/mol. The molecule has 2 amide bonds. The molecular weight excluding hydrogens is 516 g/mol. The maximum atomic E-state index is 12.8. The Morgan fingerprint density at radius 3 is 2.26 bits per heavy atom. The maximum Gasteiger partial charge on any atom is 0.235 e. The largest absolute Gasteiger partial charge is 0.325 e. The molecule has 0 radical (unpaired) electrons. The number of anilines is 2. The van der Waals surface area contributed by atoms with Gasteiger partial charge in [-0.05, 0) is 25.0 Å². The first-order valence-corrected chi connectivity index (χ1v) is 15.3. The number of benzene rings is 1. The number of ketones is 1. The van der Waals surface area contributed by atoms with E-state index in [0.29, 0.717) is 22.6 Å². The number of carbonyl (C=O) groups is 3. The summed E-state index contributed by atoms with van der Waals surface area (Å²) in [5, 5.41) is 4.88. The van der Waals surface area contributed by atoms with Gasteiger partial charge in [0.25, 0.3) is 0 Å². The number of rotatable bonds is 10. The van der Waals surface area contributed by atoms with E-state index < -0.39 is 38.1 Å². The van der Waals surface area contributed by atoms with Gasteiger partial charge in [0.1, 0.15) is 10.6 Å². The molecule has 2 aromatic rings. The number of Topliss-reactive ketones (excluding diaryl/α,β-unsaturated/α-hetero) is 1. The molecule has 3 N–H and O–H groups in total. The van der Waals surface area contributed by atoms with E-state index in [9.17, 15) is 31.2 Å². The van der Waals surface area contributed by atoms with Crippen LogP contribution in [-0.4, -0.2) is 51.9 Å². The van der Waals surface area contributed by atoms with E-state index >= 15 is 0 Å². The van der Waals surface area contributed by atoms with E-state index in [1.807, 2.05) is 0 Å². The van der Waals surface area contributed by atoms with Crippen molar-refractivity contribution in [1.82, 2.24) is 9.71 Å². The van der Waals surface area contributed by atoms with Crippen LogP contribution >= 0.6 is 11.3 Å². The number of hydrogen-bond donors (Lipinski definition) is 3. The van der Waals surface area contributed by atoms with Crippen LogP contribution in [0.2, 0.25) is 0 Å². The molecule has 0 atom stereocenters. The Bertz CT molecular complexity index is 1340. The lowest BCUT2D eigenvalue weighted by molar-refractivity contribution is -0.123. The lowest BCUT2D eigenvalue weighted by Gasteiger charge is -2.13. The van der Waals surface area contributed by atoms with Gasteiger partial charge in [0.2, 0.25) is 21.8 Å². The average Bonchev–Trinajstić information content (AvgIpc) is 3.41. The number of para-hydroxylation sites is 1. The Morgan fingerprint density at radius 2 is 1.63 bits per heavy atom. The molecule has 1 aliphatic rings. The van der Waals surface area contributed by atoms with Gasteiger partial charge in [0, 0.05) is 17.7 Å². The quantitative estimate of drug-likeness (QED) is 0.302. The van der Waals surface area contributed by atoms with Crippen molar-refractivity contribution < 1.29 is 31.2 Å². The highest BCUT2D eigenvalue weighted by molar-refractivity contribution is 7.93. The standard InChI is InChI=1S/C21H26N4O7S3/c1-34(29,30)20-16(12-22-35(2,31)32)24-21(33-20)25-18(27)11-17(26)23-15-10-6-5-9-14(15)19(28)13-7-3-4-8-13/h5-6,9-10,13,22H,3-4,7-8,11-12H2,1-2H3,(H,23,26)(H,24,25,27). The molecule has 0 unspecified atom stereocenters. The zero-order valence-corrected chi connectivity index (χ0v) is 21.6. The molecule has 1 aromatic carbocycles. The summed E-state index contributed by atoms with van der Waals surface area (Å²) < 4.78 is 48.7. The molecule has 1 fully saturated rings. The van der Waals surface area contributed by atoms with Crippen LogP contribution in [0.4, 0.5) is 10.8 Å². The van der Waals surface area contributed by atoms with Crippen LogP contribution in [0.15, 0.2) is 28.5 Å². The molecule has 1 heterocycles. The molecule has 3 rings (SSSR count). The summed E-state index contributed by atoms with van der Waals surface area (Å²) in [6.07, 6.45) is 4.87. The third-order valence-electron chi connectivity index (χ3n) is 5.26. The fourth-order valence-corrected chi connectivity index (χ4v) is 6.23. The maximum absolute atomic E-state index is 12.8. The van der Waals surface area contributed by atoms with Crippen molar-refractivity contribution in [3.63, 3.8) is 0 Å². The van der Waals surface area contributed by atoms with Crippen molar-refractivity contribution in [2.75, 3.05) is 23.1 Å². The van der Waals surface area contributed by atoms with Crippen LogP contribution in [0.25, 0.3) is 0 Å². The van der Waals surface area contributed by atoms with Gasteiger partial charge in [0.15, 0.2) is 20.8 Å². The van der Waals surface area contributed by atoms with Gasteiger partial charge >= 0.3 is 0 Å². The van der Waals surface area contributed by atoms with Crippen LogP contribution in [0.1, 0.15) is 48.2 Å². The topological polar surface area (TPSA) is 168 Å². The number of nitrogens with zero attached hydrogens (tertiary/aromatic N) is 1. The summed E-state index contributed by atoms with van der Waals surface area (Å²) in [5.41, 5.74) is 0.654. The lowest BCUT2D eigenvalue weighted by Crippen LogP contribution is -2.23. The normalized spacial score (nSPS) is 14.6. The highest BCUT2D eigenvalue weighted by Crippen LogP contribution is 2.31. The zero-order chi connectivity index (χ0) is 25.8. The van der Waals surface area contributed by atoms with Crippen molar-refractivity contribution in [1.29, 1.82) is 0 Å². The second-order valence-electron chi connectivity index (χ2n) is 8.28. The summed E-state index contributed by atoms with van der Waals surface area (Å²) in [6.45, 7) is -0.375. The van der Waals surface area contributed by atoms with Gasteiger partial charge in [-0.25, -0.2) is 26.5 Å². The molecular formula is C21H26N4O7S3. The third-order valence-corrected chi connectivity index (χ3v) is 8.80. The Labute approximate surface area is 207 Å². The first-order chi connectivity index (χ1) is 16.3. The molecule has 0 saturated heterocycles. The summed E-state index contributed by atoms with van der Waals surface area (Å²) in [6, 6.07) is 6.63. The molecule has 190 valence electrons. The van der Waals surface area contributed by atoms with Crippen molar-refractivity contribution in [2.45, 2.75) is 42.9 Å². The molecule has 1 aromatic heterocycles. The minimum atomic E-state index is -3.74.